The fourth-order valence-electron chi connectivity index (χ4n) is 2.89. The highest BCUT2D eigenvalue weighted by Crippen LogP contribution is 2.30. The number of anilines is 2. The number of ketones is 1. The maximum absolute atomic E-state index is 15.1. The molecule has 1 aromatic carbocycles. The molecule has 9 nitrogen and oxygen atoms in total. The molecular formula is C19H22F2N6O3S. The number of fused-ring (bicyclic) bond motifs is 1. The van der Waals surface area contributed by atoms with Crippen LogP contribution >= 0.6 is 0 Å². The molecule has 0 aliphatic rings. The van der Waals surface area contributed by atoms with E-state index in [-0.39, 0.29) is 23.5 Å². The standard InChI is InChI=1S/C19H22F2N6O3S/c1-5-27(4)31(29,30)26-13-7-6-12(20)15(16(13)21)17(28)11-8-22-18-14(11)19(24-9-23-18)25-10(2)3/h6-10,26H,5H2,1-4H3,(H2,22,23,24,25). The van der Waals surface area contributed by atoms with Crippen LogP contribution in [0.2, 0.25) is 0 Å². The van der Waals surface area contributed by atoms with E-state index in [9.17, 15) is 17.6 Å². The molecule has 0 fully saturated rings. The van der Waals surface area contributed by atoms with Crippen molar-refractivity contribution < 1.29 is 22.0 Å². The van der Waals surface area contributed by atoms with Gasteiger partial charge in [0, 0.05) is 25.8 Å². The van der Waals surface area contributed by atoms with Crippen LogP contribution in [0, 0.1) is 11.6 Å². The summed E-state index contributed by atoms with van der Waals surface area (Å²) in [6.45, 7) is 5.45. The maximum Gasteiger partial charge on any atom is 0.301 e. The molecule has 2 heterocycles. The summed E-state index contributed by atoms with van der Waals surface area (Å²) in [5.41, 5.74) is -1.17. The third-order valence-electron chi connectivity index (χ3n) is 4.55. The predicted molar refractivity (Wildman–Crippen MR) is 113 cm³/mol. The average molecular weight is 452 g/mol. The van der Waals surface area contributed by atoms with Gasteiger partial charge in [0.15, 0.2) is 5.82 Å². The Labute approximate surface area is 178 Å². The molecule has 0 saturated carbocycles. The van der Waals surface area contributed by atoms with Gasteiger partial charge in [-0.2, -0.15) is 12.7 Å². The molecule has 12 heteroatoms. The number of carbonyl (C=O) groups is 1. The van der Waals surface area contributed by atoms with E-state index in [0.717, 1.165) is 16.4 Å². The van der Waals surface area contributed by atoms with Gasteiger partial charge in [0.05, 0.1) is 22.2 Å². The lowest BCUT2D eigenvalue weighted by Crippen LogP contribution is -2.32. The molecule has 0 spiro atoms. The third kappa shape index (κ3) is 4.35. The van der Waals surface area contributed by atoms with Crippen molar-refractivity contribution in [2.75, 3.05) is 23.6 Å². The molecule has 166 valence electrons. The first-order valence-electron chi connectivity index (χ1n) is 9.42. The van der Waals surface area contributed by atoms with E-state index in [1.165, 1.54) is 19.6 Å². The second kappa shape index (κ2) is 8.55. The van der Waals surface area contributed by atoms with Crippen LogP contribution in [0.4, 0.5) is 20.3 Å². The van der Waals surface area contributed by atoms with Crippen molar-refractivity contribution in [3.63, 3.8) is 0 Å². The summed E-state index contributed by atoms with van der Waals surface area (Å²) in [5, 5.41) is 3.34. The van der Waals surface area contributed by atoms with Gasteiger partial charge in [-0.05, 0) is 26.0 Å². The lowest BCUT2D eigenvalue weighted by molar-refractivity contribution is 0.103. The number of benzene rings is 1. The molecule has 0 bridgehead atoms. The van der Waals surface area contributed by atoms with Gasteiger partial charge in [0.1, 0.15) is 23.6 Å². The first kappa shape index (κ1) is 22.6. The van der Waals surface area contributed by atoms with Gasteiger partial charge in [-0.3, -0.25) is 9.52 Å². The Kier molecular flexibility index (Phi) is 6.23. The Hall–Kier alpha value is -3.12. The molecule has 0 aliphatic heterocycles. The number of aromatic amines is 1. The Morgan fingerprint density at radius 1 is 1.26 bits per heavy atom. The molecule has 31 heavy (non-hydrogen) atoms. The van der Waals surface area contributed by atoms with Crippen LogP contribution in [0.3, 0.4) is 0 Å². The minimum Gasteiger partial charge on any atom is -0.367 e. The van der Waals surface area contributed by atoms with E-state index >= 15 is 4.39 Å². The van der Waals surface area contributed by atoms with Gasteiger partial charge in [-0.25, -0.2) is 18.7 Å². The van der Waals surface area contributed by atoms with Gasteiger partial charge < -0.3 is 10.3 Å². The highest BCUT2D eigenvalue weighted by molar-refractivity contribution is 7.90. The molecule has 0 amide bonds. The summed E-state index contributed by atoms with van der Waals surface area (Å²) in [6.07, 6.45) is 2.58. The van der Waals surface area contributed by atoms with Gasteiger partial charge in [-0.1, -0.05) is 6.92 Å². The van der Waals surface area contributed by atoms with Crippen molar-refractivity contribution in [2.45, 2.75) is 26.8 Å². The number of aromatic nitrogens is 3. The molecule has 3 N–H and O–H groups in total. The SMILES string of the molecule is CCN(C)S(=O)(=O)Nc1ccc(F)c(C(=O)c2c[nH]c3ncnc(NC(C)C)c23)c1F. The van der Waals surface area contributed by atoms with Crippen molar-refractivity contribution in [1.29, 1.82) is 0 Å². The van der Waals surface area contributed by atoms with E-state index in [4.69, 9.17) is 0 Å². The molecule has 0 atom stereocenters. The van der Waals surface area contributed by atoms with Crippen LogP contribution in [-0.4, -0.2) is 53.1 Å². The summed E-state index contributed by atoms with van der Waals surface area (Å²) in [5.74, 6) is -3.10. The Bertz CT molecular complexity index is 1240. The van der Waals surface area contributed by atoms with Crippen LogP contribution in [0.25, 0.3) is 11.0 Å². The van der Waals surface area contributed by atoms with E-state index in [2.05, 4.69) is 20.3 Å². The molecule has 3 aromatic rings. The first-order valence-corrected chi connectivity index (χ1v) is 10.9. The van der Waals surface area contributed by atoms with E-state index in [0.29, 0.717) is 11.5 Å². The highest BCUT2D eigenvalue weighted by Gasteiger charge is 2.27. The molecule has 0 aliphatic carbocycles. The zero-order chi connectivity index (χ0) is 22.9. The lowest BCUT2D eigenvalue weighted by Gasteiger charge is -2.17. The summed E-state index contributed by atoms with van der Waals surface area (Å²) < 4.78 is 57.1. The van der Waals surface area contributed by atoms with Crippen LogP contribution in [0.15, 0.2) is 24.7 Å². The van der Waals surface area contributed by atoms with Gasteiger partial charge in [0.25, 0.3) is 0 Å². The van der Waals surface area contributed by atoms with E-state index in [1.54, 1.807) is 6.92 Å². The van der Waals surface area contributed by atoms with Gasteiger partial charge in [-0.15, -0.1) is 0 Å². The fourth-order valence-corrected chi connectivity index (χ4v) is 3.82. The molecule has 0 radical (unpaired) electrons. The number of carbonyl (C=O) groups excluding carboxylic acids is 1. The number of halogens is 2. The zero-order valence-corrected chi connectivity index (χ0v) is 18.1. The summed E-state index contributed by atoms with van der Waals surface area (Å²) in [6, 6.07) is 1.73. The summed E-state index contributed by atoms with van der Waals surface area (Å²) in [7, 11) is -2.78. The number of hydrogen-bond acceptors (Lipinski definition) is 6. The second-order valence-electron chi connectivity index (χ2n) is 7.08. The number of nitrogens with one attached hydrogen (secondary N) is 3. The fraction of sp³-hybridized carbons (Fsp3) is 0.316. The van der Waals surface area contributed by atoms with Crippen LogP contribution < -0.4 is 10.0 Å². The summed E-state index contributed by atoms with van der Waals surface area (Å²) in [4.78, 5) is 24.1. The lowest BCUT2D eigenvalue weighted by atomic mass is 10.0. The molecular weight excluding hydrogens is 430 g/mol. The minimum absolute atomic E-state index is 0.0299. The Morgan fingerprint density at radius 3 is 2.61 bits per heavy atom. The van der Waals surface area contributed by atoms with Crippen LogP contribution in [0.5, 0.6) is 0 Å². The summed E-state index contributed by atoms with van der Waals surface area (Å²) >= 11 is 0. The minimum atomic E-state index is -4.08. The van der Waals surface area contributed by atoms with Crippen LogP contribution in [0.1, 0.15) is 36.7 Å². The quantitative estimate of drug-likeness (QED) is 0.452. The average Bonchev–Trinajstić information content (AvgIpc) is 3.14. The Morgan fingerprint density at radius 2 is 1.97 bits per heavy atom. The van der Waals surface area contributed by atoms with Crippen molar-refractivity contribution in [2.24, 2.45) is 0 Å². The second-order valence-corrected chi connectivity index (χ2v) is 8.86. The normalized spacial score (nSPS) is 12.0. The van der Waals surface area contributed by atoms with Crippen molar-refractivity contribution >= 4 is 38.5 Å². The van der Waals surface area contributed by atoms with Gasteiger partial charge in [0.2, 0.25) is 5.78 Å². The van der Waals surface area contributed by atoms with Crippen LogP contribution in [-0.2, 0) is 10.2 Å². The van der Waals surface area contributed by atoms with E-state index < -0.39 is 38.9 Å². The monoisotopic (exact) mass is 452 g/mol. The van der Waals surface area contributed by atoms with Crippen molar-refractivity contribution in [1.82, 2.24) is 19.3 Å². The number of hydrogen-bond donors (Lipinski definition) is 3. The van der Waals surface area contributed by atoms with E-state index in [1.807, 2.05) is 18.6 Å². The van der Waals surface area contributed by atoms with Gasteiger partial charge >= 0.3 is 10.2 Å². The zero-order valence-electron chi connectivity index (χ0n) is 17.3. The predicted octanol–water partition coefficient (Wildman–Crippen LogP) is 2.90. The van der Waals surface area contributed by atoms with Crippen molar-refractivity contribution in [3.8, 4) is 0 Å². The maximum atomic E-state index is 15.1. The number of nitrogens with zero attached hydrogens (tertiary/aromatic N) is 3. The smallest absolute Gasteiger partial charge is 0.301 e. The molecule has 0 unspecified atom stereocenters. The topological polar surface area (TPSA) is 120 Å². The largest absolute Gasteiger partial charge is 0.367 e. The Balaban J connectivity index is 2.11. The first-order chi connectivity index (χ1) is 14.6. The highest BCUT2D eigenvalue weighted by atomic mass is 32.2. The molecule has 3 rings (SSSR count). The molecule has 0 saturated heterocycles. The third-order valence-corrected chi connectivity index (χ3v) is 6.11. The number of rotatable bonds is 8. The molecule has 2 aromatic heterocycles. The number of H-pyrrole nitrogens is 1. The van der Waals surface area contributed by atoms with Crippen molar-refractivity contribution in [3.05, 3.63) is 47.4 Å².